The second-order valence-electron chi connectivity index (χ2n) is 10.6. The maximum Gasteiger partial charge on any atom is 0.422 e. The summed E-state index contributed by atoms with van der Waals surface area (Å²) in [6.45, 7) is 0.660. The van der Waals surface area contributed by atoms with Crippen LogP contribution < -0.4 is 4.74 Å². The Morgan fingerprint density at radius 2 is 1.62 bits per heavy atom. The van der Waals surface area contributed by atoms with Gasteiger partial charge in [-0.25, -0.2) is 8.78 Å². The highest BCUT2D eigenvalue weighted by Crippen LogP contribution is 2.39. The summed E-state index contributed by atoms with van der Waals surface area (Å²) in [5, 5.41) is 1.30. The van der Waals surface area contributed by atoms with Crippen molar-refractivity contribution >= 4 is 10.8 Å². The van der Waals surface area contributed by atoms with E-state index >= 15 is 4.39 Å². The summed E-state index contributed by atoms with van der Waals surface area (Å²) in [4.78, 5) is 0. The Labute approximate surface area is 227 Å². The van der Waals surface area contributed by atoms with Crippen molar-refractivity contribution < 1.29 is 26.7 Å². The number of hydrogen-bond donors (Lipinski definition) is 0. The molecule has 0 aromatic heterocycles. The molecule has 3 aromatic rings. The van der Waals surface area contributed by atoms with E-state index in [4.69, 9.17) is 0 Å². The van der Waals surface area contributed by atoms with Crippen LogP contribution >= 0.6 is 0 Å². The number of fused-ring (bicyclic) bond motifs is 1. The summed E-state index contributed by atoms with van der Waals surface area (Å²) in [5.41, 5.74) is 1.64. The number of benzene rings is 3. The van der Waals surface area contributed by atoms with E-state index in [2.05, 4.69) is 29.6 Å². The molecule has 0 amide bonds. The Hall–Kier alpha value is -3.07. The summed E-state index contributed by atoms with van der Waals surface area (Å²) < 4.78 is 70.7. The highest BCUT2D eigenvalue weighted by molar-refractivity contribution is 5.85. The molecule has 0 spiro atoms. The third-order valence-corrected chi connectivity index (χ3v) is 7.68. The fourth-order valence-electron chi connectivity index (χ4n) is 5.48. The number of alkyl halides is 3. The van der Waals surface area contributed by atoms with E-state index in [9.17, 15) is 17.6 Å². The minimum atomic E-state index is -4.56. The molecule has 0 aliphatic heterocycles. The third-order valence-electron chi connectivity index (χ3n) is 7.68. The van der Waals surface area contributed by atoms with Crippen molar-refractivity contribution in [2.75, 3.05) is 6.61 Å². The molecule has 0 heterocycles. The summed E-state index contributed by atoms with van der Waals surface area (Å²) in [6, 6.07) is 12.8. The maximum absolute atomic E-state index is 15.2. The molecule has 1 saturated carbocycles. The van der Waals surface area contributed by atoms with Crippen molar-refractivity contribution in [3.05, 3.63) is 76.9 Å². The Morgan fingerprint density at radius 1 is 0.846 bits per heavy atom. The molecule has 0 radical (unpaired) electrons. The first-order valence-electron chi connectivity index (χ1n) is 14.0. The fourth-order valence-corrected chi connectivity index (χ4v) is 5.48. The Balaban J connectivity index is 1.38. The van der Waals surface area contributed by atoms with Gasteiger partial charge in [0.2, 0.25) is 0 Å². The summed E-state index contributed by atoms with van der Waals surface area (Å²) in [7, 11) is 0. The molecule has 208 valence electrons. The van der Waals surface area contributed by atoms with Gasteiger partial charge in [0.25, 0.3) is 0 Å². The van der Waals surface area contributed by atoms with Gasteiger partial charge < -0.3 is 4.74 Å². The molecule has 0 N–H and O–H groups in total. The van der Waals surface area contributed by atoms with Crippen LogP contribution in [0.2, 0.25) is 0 Å². The van der Waals surface area contributed by atoms with E-state index in [1.54, 1.807) is 6.07 Å². The Bertz CT molecular complexity index is 1310. The van der Waals surface area contributed by atoms with Gasteiger partial charge in [-0.15, -0.1) is 0 Å². The van der Waals surface area contributed by atoms with Gasteiger partial charge in [0.05, 0.1) is 5.56 Å². The van der Waals surface area contributed by atoms with E-state index < -0.39 is 30.2 Å². The average molecular weight is 543 g/mol. The van der Waals surface area contributed by atoms with Crippen LogP contribution in [0.25, 0.3) is 10.8 Å². The largest absolute Gasteiger partial charge is 0.481 e. The molecule has 39 heavy (non-hydrogen) atoms. The zero-order valence-electron chi connectivity index (χ0n) is 22.3. The second-order valence-corrected chi connectivity index (χ2v) is 10.6. The molecule has 1 aliphatic rings. The molecular weight excluding hydrogens is 507 g/mol. The summed E-state index contributed by atoms with van der Waals surface area (Å²) in [6.07, 6.45) is 8.29. The monoisotopic (exact) mass is 542 g/mol. The number of hydrogen-bond acceptors (Lipinski definition) is 1. The lowest BCUT2D eigenvalue weighted by Gasteiger charge is -2.29. The standard InChI is InChI=1S/C33H35F5O/c1-2-3-4-5-6-7-23-8-12-25(13-9-23)27-17-18-29-28(21-27)16-15-26(32(29)35)14-10-24-11-19-31(30(34)20-24)39-22-33(36,37)38/h11,15-21,23,25H,2-9,12-13,22H2,1H3. The average Bonchev–Trinajstić information content (AvgIpc) is 2.92. The first kappa shape index (κ1) is 28.9. The van der Waals surface area contributed by atoms with Crippen LogP contribution in [0.3, 0.4) is 0 Å². The highest BCUT2D eigenvalue weighted by atomic mass is 19.4. The lowest BCUT2D eigenvalue weighted by Crippen LogP contribution is -2.19. The van der Waals surface area contributed by atoms with Crippen molar-refractivity contribution in [3.8, 4) is 17.6 Å². The van der Waals surface area contributed by atoms with Crippen LogP contribution in [-0.2, 0) is 0 Å². The van der Waals surface area contributed by atoms with Gasteiger partial charge in [0.1, 0.15) is 5.82 Å². The molecule has 3 aromatic carbocycles. The molecule has 4 rings (SSSR count). The number of unbranched alkanes of at least 4 members (excludes halogenated alkanes) is 4. The number of halogens is 5. The first-order valence-corrected chi connectivity index (χ1v) is 14.0. The molecule has 0 bridgehead atoms. The highest BCUT2D eigenvalue weighted by Gasteiger charge is 2.29. The normalized spacial score (nSPS) is 17.6. The smallest absolute Gasteiger partial charge is 0.422 e. The van der Waals surface area contributed by atoms with E-state index in [0.717, 1.165) is 23.4 Å². The van der Waals surface area contributed by atoms with Gasteiger partial charge in [-0.1, -0.05) is 81.6 Å². The van der Waals surface area contributed by atoms with Crippen LogP contribution in [0.15, 0.2) is 48.5 Å². The zero-order valence-corrected chi connectivity index (χ0v) is 22.3. The molecule has 0 atom stereocenters. The topological polar surface area (TPSA) is 9.23 Å². The minimum Gasteiger partial charge on any atom is -0.481 e. The van der Waals surface area contributed by atoms with E-state index in [-0.39, 0.29) is 11.1 Å². The van der Waals surface area contributed by atoms with Gasteiger partial charge in [-0.3, -0.25) is 0 Å². The van der Waals surface area contributed by atoms with Crippen molar-refractivity contribution in [1.82, 2.24) is 0 Å². The van der Waals surface area contributed by atoms with E-state index in [1.165, 1.54) is 75.8 Å². The zero-order chi connectivity index (χ0) is 27.8. The SMILES string of the molecule is CCCCCCCC1CCC(c2ccc3c(F)c(C#Cc4ccc(OCC(F)(F)F)c(F)c4)ccc3c2)CC1. The van der Waals surface area contributed by atoms with Gasteiger partial charge in [0.15, 0.2) is 18.2 Å². The van der Waals surface area contributed by atoms with Gasteiger partial charge >= 0.3 is 6.18 Å². The number of rotatable bonds is 9. The predicted octanol–water partition coefficient (Wildman–Crippen LogP) is 10.1. The fraction of sp³-hybridized carbons (Fsp3) is 0.455. The molecule has 1 aliphatic carbocycles. The third kappa shape index (κ3) is 8.21. The lowest BCUT2D eigenvalue weighted by atomic mass is 9.76. The van der Waals surface area contributed by atoms with Crippen molar-refractivity contribution in [1.29, 1.82) is 0 Å². The summed E-state index contributed by atoms with van der Waals surface area (Å²) in [5.74, 6) is 4.84. The van der Waals surface area contributed by atoms with Crippen molar-refractivity contribution in [2.45, 2.75) is 83.2 Å². The van der Waals surface area contributed by atoms with Gasteiger partial charge in [-0.2, -0.15) is 13.2 Å². The molecular formula is C33H35F5O. The Kier molecular flexibility index (Phi) is 9.88. The predicted molar refractivity (Wildman–Crippen MR) is 146 cm³/mol. The quantitative estimate of drug-likeness (QED) is 0.148. The van der Waals surface area contributed by atoms with Crippen molar-refractivity contribution in [2.24, 2.45) is 5.92 Å². The minimum absolute atomic E-state index is 0.174. The van der Waals surface area contributed by atoms with E-state index in [1.807, 2.05) is 18.2 Å². The van der Waals surface area contributed by atoms with Crippen LogP contribution in [0.1, 0.15) is 93.7 Å². The molecule has 1 nitrogen and oxygen atoms in total. The maximum atomic E-state index is 15.2. The van der Waals surface area contributed by atoms with Gasteiger partial charge in [-0.05, 0) is 72.7 Å². The molecule has 1 fully saturated rings. The molecule has 0 unspecified atom stereocenters. The van der Waals surface area contributed by atoms with Crippen LogP contribution in [-0.4, -0.2) is 12.8 Å². The van der Waals surface area contributed by atoms with Gasteiger partial charge in [0, 0.05) is 10.9 Å². The van der Waals surface area contributed by atoms with Crippen LogP contribution in [0.4, 0.5) is 22.0 Å². The number of ether oxygens (including phenoxy) is 1. The first-order chi connectivity index (χ1) is 18.7. The van der Waals surface area contributed by atoms with Crippen LogP contribution in [0.5, 0.6) is 5.75 Å². The molecule has 6 heteroatoms. The van der Waals surface area contributed by atoms with Crippen molar-refractivity contribution in [3.63, 3.8) is 0 Å². The van der Waals surface area contributed by atoms with E-state index in [0.29, 0.717) is 11.3 Å². The van der Waals surface area contributed by atoms with Crippen LogP contribution in [0, 0.1) is 29.4 Å². The lowest BCUT2D eigenvalue weighted by molar-refractivity contribution is -0.153. The second kappa shape index (κ2) is 13.3. The Morgan fingerprint density at radius 3 is 2.33 bits per heavy atom. The molecule has 0 saturated heterocycles. The summed E-state index contributed by atoms with van der Waals surface area (Å²) >= 11 is 0.